The molecule has 2 rings (SSSR count). The molecule has 0 heterocycles. The number of carbonyl (C=O) groups excluding carboxylic acids is 2. The zero-order chi connectivity index (χ0) is 16.1. The fourth-order valence-electron chi connectivity index (χ4n) is 1.77. The van der Waals surface area contributed by atoms with Crippen molar-refractivity contribution in [3.8, 4) is 5.75 Å². The molecule has 0 fully saturated rings. The second-order valence-corrected chi connectivity index (χ2v) is 4.26. The lowest BCUT2D eigenvalue weighted by Crippen LogP contribution is -2.42. The second-order valence-electron chi connectivity index (χ2n) is 4.26. The van der Waals surface area contributed by atoms with E-state index in [1.54, 1.807) is 0 Å². The number of carboxylic acid groups (broad SMARTS) is 1. The average Bonchev–Trinajstić information content (AvgIpc) is 2.52. The number of nitrogens with one attached hydrogen (secondary N) is 2. The monoisotopic (exact) mass is 299 g/mol. The van der Waals surface area contributed by atoms with Gasteiger partial charge < -0.3 is 10.2 Å². The molecule has 0 aliphatic carbocycles. The van der Waals surface area contributed by atoms with Crippen LogP contribution in [0.3, 0.4) is 0 Å². The van der Waals surface area contributed by atoms with Crippen LogP contribution in [0, 0.1) is 0 Å². The van der Waals surface area contributed by atoms with Gasteiger partial charge in [-0.05, 0) is 12.1 Å². The number of rotatable bonds is 3. The first-order valence-electron chi connectivity index (χ1n) is 6.19. The number of aromatic carboxylic acids is 1. The van der Waals surface area contributed by atoms with Crippen LogP contribution < -0.4 is 16.0 Å². The highest BCUT2D eigenvalue weighted by atomic mass is 16.4. The molecule has 0 saturated heterocycles. The van der Waals surface area contributed by atoms with Crippen molar-refractivity contribution < 1.29 is 24.6 Å². The third-order valence-corrected chi connectivity index (χ3v) is 2.82. The molecule has 0 radical (unpaired) electrons. The van der Waals surface area contributed by atoms with Crippen LogP contribution in [0.2, 0.25) is 0 Å². The summed E-state index contributed by atoms with van der Waals surface area (Å²) in [5.74, 6) is -3.33. The van der Waals surface area contributed by atoms with Gasteiger partial charge in [0.15, 0.2) is 0 Å². The molecule has 112 valence electrons. The topological polar surface area (TPSA) is 119 Å². The summed E-state index contributed by atoms with van der Waals surface area (Å²) < 4.78 is 0. The van der Waals surface area contributed by atoms with E-state index in [1.807, 2.05) is 0 Å². The van der Waals surface area contributed by atoms with Gasteiger partial charge in [-0.2, -0.15) is 0 Å². The van der Waals surface area contributed by atoms with E-state index < -0.39 is 23.5 Å². The number of carboxylic acids is 1. The maximum absolute atomic E-state index is 11.9. The summed E-state index contributed by atoms with van der Waals surface area (Å²) in [5, 5.41) is 20.5. The number of hydrogen-bond donors (Lipinski definition) is 3. The Hall–Kier alpha value is -3.35. The highest BCUT2D eigenvalue weighted by Gasteiger charge is 2.16. The molecule has 2 aromatic rings. The fraction of sp³-hybridized carbons (Fsp3) is 0. The molecule has 7 nitrogen and oxygen atoms in total. The molecule has 0 unspecified atom stereocenters. The molecule has 0 aromatic heterocycles. The van der Waals surface area contributed by atoms with Crippen LogP contribution in [0.1, 0.15) is 31.1 Å². The van der Waals surface area contributed by atoms with Crippen LogP contribution >= 0.6 is 0 Å². The van der Waals surface area contributed by atoms with Crippen molar-refractivity contribution in [2.75, 3.05) is 0 Å². The SMILES string of the molecule is O=C(NNC(=O)c1ccccc1C(=O)O)c1ccccc1[O-]. The largest absolute Gasteiger partial charge is 0.872 e. The van der Waals surface area contributed by atoms with Gasteiger partial charge in [0.1, 0.15) is 0 Å². The van der Waals surface area contributed by atoms with Gasteiger partial charge in [0.05, 0.1) is 11.1 Å². The molecule has 2 aromatic carbocycles. The molecule has 0 bridgehead atoms. The van der Waals surface area contributed by atoms with Crippen LogP contribution in [0.15, 0.2) is 48.5 Å². The second kappa shape index (κ2) is 6.40. The quantitative estimate of drug-likeness (QED) is 0.714. The minimum atomic E-state index is -1.26. The molecule has 22 heavy (non-hydrogen) atoms. The van der Waals surface area contributed by atoms with Crippen molar-refractivity contribution in [2.45, 2.75) is 0 Å². The molecule has 7 heteroatoms. The molecule has 0 spiro atoms. The van der Waals surface area contributed by atoms with E-state index in [0.29, 0.717) is 0 Å². The minimum absolute atomic E-state index is 0.106. The predicted octanol–water partition coefficient (Wildman–Crippen LogP) is 0.533. The van der Waals surface area contributed by atoms with Crippen LogP contribution in [-0.4, -0.2) is 22.9 Å². The maximum Gasteiger partial charge on any atom is 0.336 e. The van der Waals surface area contributed by atoms with Crippen LogP contribution in [-0.2, 0) is 0 Å². The van der Waals surface area contributed by atoms with Gasteiger partial charge in [-0.25, -0.2) is 4.79 Å². The van der Waals surface area contributed by atoms with E-state index in [2.05, 4.69) is 10.9 Å². The highest BCUT2D eigenvalue weighted by Crippen LogP contribution is 2.11. The van der Waals surface area contributed by atoms with Crippen molar-refractivity contribution in [1.29, 1.82) is 0 Å². The number of benzene rings is 2. The lowest BCUT2D eigenvalue weighted by atomic mass is 10.1. The molecule has 0 aliphatic heterocycles. The van der Waals surface area contributed by atoms with Crippen LogP contribution in [0.5, 0.6) is 5.75 Å². The number of para-hydroxylation sites is 1. The van der Waals surface area contributed by atoms with Gasteiger partial charge in [0.2, 0.25) is 0 Å². The Morgan fingerprint density at radius 1 is 0.773 bits per heavy atom. The van der Waals surface area contributed by atoms with Gasteiger partial charge in [-0.1, -0.05) is 42.1 Å². The predicted molar refractivity (Wildman–Crippen MR) is 74.2 cm³/mol. The van der Waals surface area contributed by atoms with Crippen LogP contribution in [0.25, 0.3) is 0 Å². The zero-order valence-electron chi connectivity index (χ0n) is 11.2. The Morgan fingerprint density at radius 2 is 1.23 bits per heavy atom. The summed E-state index contributed by atoms with van der Waals surface area (Å²) in [4.78, 5) is 34.7. The first-order valence-corrected chi connectivity index (χ1v) is 6.19. The molecular weight excluding hydrogens is 288 g/mol. The summed E-state index contributed by atoms with van der Waals surface area (Å²) in [7, 11) is 0. The number of hydrogen-bond acceptors (Lipinski definition) is 4. The average molecular weight is 299 g/mol. The normalized spacial score (nSPS) is 9.82. The summed E-state index contributed by atoms with van der Waals surface area (Å²) in [5.41, 5.74) is 3.72. The van der Waals surface area contributed by atoms with E-state index in [1.165, 1.54) is 48.5 Å². The minimum Gasteiger partial charge on any atom is -0.872 e. The van der Waals surface area contributed by atoms with E-state index in [9.17, 15) is 19.5 Å². The van der Waals surface area contributed by atoms with Crippen molar-refractivity contribution in [3.05, 3.63) is 65.2 Å². The van der Waals surface area contributed by atoms with Crippen molar-refractivity contribution in [1.82, 2.24) is 10.9 Å². The smallest absolute Gasteiger partial charge is 0.336 e. The van der Waals surface area contributed by atoms with Crippen molar-refractivity contribution >= 4 is 17.8 Å². The standard InChI is InChI=1S/C15H12N2O5/c18-12-8-4-3-7-11(12)14(20)17-16-13(19)9-5-1-2-6-10(9)15(21)22/h1-8,18H,(H,16,19)(H,17,20)(H,21,22)/p-1. The van der Waals surface area contributed by atoms with Gasteiger partial charge in [0.25, 0.3) is 11.8 Å². The maximum atomic E-state index is 11.9. The first-order chi connectivity index (χ1) is 10.5. The zero-order valence-corrected chi connectivity index (χ0v) is 11.2. The number of carbonyl (C=O) groups is 3. The molecule has 3 N–H and O–H groups in total. The molecular formula is C15H11N2O5-. The van der Waals surface area contributed by atoms with Crippen molar-refractivity contribution in [2.24, 2.45) is 0 Å². The molecule has 2 amide bonds. The molecule has 0 aliphatic rings. The Bertz CT molecular complexity index is 742. The van der Waals surface area contributed by atoms with Gasteiger partial charge in [0, 0.05) is 5.56 Å². The van der Waals surface area contributed by atoms with Crippen molar-refractivity contribution in [3.63, 3.8) is 0 Å². The number of hydrazine groups is 1. The lowest BCUT2D eigenvalue weighted by molar-refractivity contribution is -0.268. The van der Waals surface area contributed by atoms with Gasteiger partial charge >= 0.3 is 5.97 Å². The Kier molecular flexibility index (Phi) is 4.38. The van der Waals surface area contributed by atoms with E-state index in [-0.39, 0.29) is 16.7 Å². The van der Waals surface area contributed by atoms with Gasteiger partial charge in [-0.15, -0.1) is 0 Å². The van der Waals surface area contributed by atoms with E-state index in [4.69, 9.17) is 5.11 Å². The molecule has 0 saturated carbocycles. The van der Waals surface area contributed by atoms with E-state index in [0.717, 1.165) is 0 Å². The summed E-state index contributed by atoms with van der Waals surface area (Å²) in [6.07, 6.45) is 0. The summed E-state index contributed by atoms with van der Waals surface area (Å²) in [6.45, 7) is 0. The Morgan fingerprint density at radius 3 is 1.77 bits per heavy atom. The summed E-state index contributed by atoms with van der Waals surface area (Å²) >= 11 is 0. The Labute approximate surface area is 125 Å². The lowest BCUT2D eigenvalue weighted by Gasteiger charge is -2.13. The molecule has 0 atom stereocenters. The van der Waals surface area contributed by atoms with Crippen LogP contribution in [0.4, 0.5) is 0 Å². The highest BCUT2D eigenvalue weighted by molar-refractivity contribution is 6.06. The third kappa shape index (κ3) is 3.21. The Balaban J connectivity index is 2.09. The van der Waals surface area contributed by atoms with E-state index >= 15 is 0 Å². The summed E-state index contributed by atoms with van der Waals surface area (Å²) in [6, 6.07) is 11.1. The van der Waals surface area contributed by atoms with Gasteiger partial charge in [-0.3, -0.25) is 20.4 Å². The first kappa shape index (κ1) is 15.0. The fourth-order valence-corrected chi connectivity index (χ4v) is 1.77. The third-order valence-electron chi connectivity index (χ3n) is 2.82. The number of amides is 2.